The first-order valence-corrected chi connectivity index (χ1v) is 10.4. The van der Waals surface area contributed by atoms with Crippen LogP contribution in [0.4, 0.5) is 19.1 Å². The predicted molar refractivity (Wildman–Crippen MR) is 115 cm³/mol. The molecule has 1 fully saturated rings. The summed E-state index contributed by atoms with van der Waals surface area (Å²) in [6.07, 6.45) is 0.114. The van der Waals surface area contributed by atoms with Gasteiger partial charge in [0.15, 0.2) is 0 Å². The molecule has 0 radical (unpaired) electrons. The summed E-state index contributed by atoms with van der Waals surface area (Å²) in [5.74, 6) is 0.675. The van der Waals surface area contributed by atoms with E-state index in [1.165, 1.54) is 11.6 Å². The van der Waals surface area contributed by atoms with Crippen LogP contribution in [0.15, 0.2) is 60.9 Å². The molecule has 0 aliphatic carbocycles. The Kier molecular flexibility index (Phi) is 6.43. The van der Waals surface area contributed by atoms with Crippen LogP contribution in [0, 0.1) is 0 Å². The highest BCUT2D eigenvalue weighted by Gasteiger charge is 2.31. The van der Waals surface area contributed by atoms with Crippen LogP contribution in [0.1, 0.15) is 22.3 Å². The smallest absolute Gasteiger partial charge is 0.338 e. The maximum absolute atomic E-state index is 13.0. The highest BCUT2D eigenvalue weighted by Crippen LogP contribution is 2.32. The van der Waals surface area contributed by atoms with E-state index in [0.29, 0.717) is 49.3 Å². The van der Waals surface area contributed by atoms with Crippen molar-refractivity contribution in [2.45, 2.75) is 19.1 Å². The van der Waals surface area contributed by atoms with Crippen LogP contribution < -0.4 is 4.90 Å². The maximum atomic E-state index is 13.0. The predicted octanol–water partition coefficient (Wildman–Crippen LogP) is 5.06. The number of benzene rings is 2. The molecule has 0 spiro atoms. The van der Waals surface area contributed by atoms with Crippen molar-refractivity contribution in [1.82, 2.24) is 14.9 Å². The summed E-state index contributed by atoms with van der Waals surface area (Å²) in [7, 11) is 0. The molecule has 162 valence electrons. The molecular weight excluding hydrogens is 425 g/mol. The average molecular weight is 447 g/mol. The molecule has 1 aliphatic rings. The molecule has 0 bridgehead atoms. The first kappa shape index (κ1) is 21.6. The van der Waals surface area contributed by atoms with Gasteiger partial charge in [-0.25, -0.2) is 9.97 Å². The molecular formula is C23H22ClF3N4. The molecule has 0 N–H and O–H groups in total. The Morgan fingerprint density at radius 1 is 0.871 bits per heavy atom. The highest BCUT2D eigenvalue weighted by atomic mass is 35.5. The normalized spacial score (nSPS) is 15.3. The van der Waals surface area contributed by atoms with E-state index >= 15 is 0 Å². The second-order valence-electron chi connectivity index (χ2n) is 7.62. The quantitative estimate of drug-likeness (QED) is 0.548. The lowest BCUT2D eigenvalue weighted by Gasteiger charge is -2.35. The molecule has 31 heavy (non-hydrogen) atoms. The van der Waals surface area contributed by atoms with E-state index in [9.17, 15) is 13.2 Å². The van der Waals surface area contributed by atoms with Crippen LogP contribution in [0.2, 0.25) is 5.02 Å². The van der Waals surface area contributed by atoms with E-state index in [0.717, 1.165) is 24.1 Å². The fraction of sp³-hybridized carbons (Fsp3) is 0.304. The van der Waals surface area contributed by atoms with Crippen molar-refractivity contribution >= 4 is 17.5 Å². The van der Waals surface area contributed by atoms with Gasteiger partial charge in [-0.2, -0.15) is 13.2 Å². The number of hydrogen-bond donors (Lipinski definition) is 0. The van der Waals surface area contributed by atoms with Gasteiger partial charge >= 0.3 is 6.18 Å². The Balaban J connectivity index is 1.34. The van der Waals surface area contributed by atoms with Gasteiger partial charge in [-0.3, -0.25) is 4.90 Å². The van der Waals surface area contributed by atoms with Crippen LogP contribution >= 0.6 is 11.6 Å². The van der Waals surface area contributed by atoms with Gasteiger partial charge in [0.05, 0.1) is 5.56 Å². The summed E-state index contributed by atoms with van der Waals surface area (Å²) in [5, 5.41) is 0.354. The maximum Gasteiger partial charge on any atom is 0.416 e. The molecule has 2 aromatic carbocycles. The number of alkyl halides is 3. The first-order chi connectivity index (χ1) is 14.9. The van der Waals surface area contributed by atoms with Crippen LogP contribution in [0.25, 0.3) is 0 Å². The Labute approximate surface area is 184 Å². The largest absolute Gasteiger partial charge is 0.416 e. The summed E-state index contributed by atoms with van der Waals surface area (Å²) in [6, 6.07) is 13.6. The zero-order chi connectivity index (χ0) is 21.8. The highest BCUT2D eigenvalue weighted by molar-refractivity contribution is 6.31. The van der Waals surface area contributed by atoms with Crippen molar-refractivity contribution in [3.8, 4) is 0 Å². The van der Waals surface area contributed by atoms with Gasteiger partial charge < -0.3 is 4.90 Å². The molecule has 0 amide bonds. The van der Waals surface area contributed by atoms with Crippen molar-refractivity contribution in [3.63, 3.8) is 0 Å². The first-order valence-electron chi connectivity index (χ1n) is 10.1. The summed E-state index contributed by atoms with van der Waals surface area (Å²) >= 11 is 6.14. The number of rotatable bonds is 5. The minimum absolute atomic E-state index is 0.354. The summed E-state index contributed by atoms with van der Waals surface area (Å²) < 4.78 is 39.0. The van der Waals surface area contributed by atoms with E-state index in [1.54, 1.807) is 0 Å². The number of halogens is 4. The summed E-state index contributed by atoms with van der Waals surface area (Å²) in [6.45, 7) is 3.18. The number of anilines is 1. The molecule has 4 rings (SSSR count). The molecule has 0 unspecified atom stereocenters. The van der Waals surface area contributed by atoms with Crippen LogP contribution in [-0.2, 0) is 19.1 Å². The Hall–Kier alpha value is -2.64. The standard InChI is InChI=1S/C23H22ClF3N4/c24-21-7-6-20(23(25,26)27)13-19(21)16-30-8-10-31(11-9-30)22-28-14-18(15-29-22)12-17-4-2-1-3-5-17/h1-7,13-15H,8-12,16H2. The fourth-order valence-corrected chi connectivity index (χ4v) is 3.83. The average Bonchev–Trinajstić information content (AvgIpc) is 2.76. The number of aromatic nitrogens is 2. The third-order valence-corrected chi connectivity index (χ3v) is 5.73. The van der Waals surface area contributed by atoms with E-state index in [4.69, 9.17) is 11.6 Å². The third kappa shape index (κ3) is 5.54. The molecule has 3 aromatic rings. The minimum Gasteiger partial charge on any atom is -0.338 e. The molecule has 2 heterocycles. The SMILES string of the molecule is FC(F)(F)c1ccc(Cl)c(CN2CCN(c3ncc(Cc4ccccc4)cn3)CC2)c1. The molecule has 8 heteroatoms. The molecule has 0 atom stereocenters. The van der Waals surface area contributed by atoms with Crippen molar-refractivity contribution in [2.75, 3.05) is 31.1 Å². The van der Waals surface area contributed by atoms with Crippen LogP contribution in [0.3, 0.4) is 0 Å². The Morgan fingerprint density at radius 3 is 2.19 bits per heavy atom. The van der Waals surface area contributed by atoms with Gasteiger partial charge in [-0.15, -0.1) is 0 Å². The van der Waals surface area contributed by atoms with Gasteiger partial charge in [-0.1, -0.05) is 41.9 Å². The number of piperazine rings is 1. The molecule has 4 nitrogen and oxygen atoms in total. The summed E-state index contributed by atoms with van der Waals surface area (Å²) in [5.41, 5.74) is 2.08. The molecule has 1 saturated heterocycles. The third-order valence-electron chi connectivity index (χ3n) is 5.36. The van der Waals surface area contributed by atoms with Crippen LogP contribution in [0.5, 0.6) is 0 Å². The van der Waals surface area contributed by atoms with Crippen LogP contribution in [-0.4, -0.2) is 41.0 Å². The van der Waals surface area contributed by atoms with E-state index < -0.39 is 11.7 Å². The van der Waals surface area contributed by atoms with Gasteiger partial charge in [0.2, 0.25) is 5.95 Å². The zero-order valence-corrected chi connectivity index (χ0v) is 17.6. The fourth-order valence-electron chi connectivity index (χ4n) is 3.65. The van der Waals surface area contributed by atoms with Gasteiger partial charge in [0.1, 0.15) is 0 Å². The minimum atomic E-state index is -4.37. The van der Waals surface area contributed by atoms with Crippen molar-refractivity contribution in [3.05, 3.63) is 88.2 Å². The lowest BCUT2D eigenvalue weighted by atomic mass is 10.1. The molecule has 1 aromatic heterocycles. The lowest BCUT2D eigenvalue weighted by Crippen LogP contribution is -2.46. The number of hydrogen-bond acceptors (Lipinski definition) is 4. The second-order valence-corrected chi connectivity index (χ2v) is 8.03. The van der Waals surface area contributed by atoms with Crippen molar-refractivity contribution in [2.24, 2.45) is 0 Å². The van der Waals surface area contributed by atoms with E-state index in [2.05, 4.69) is 31.9 Å². The monoisotopic (exact) mass is 446 g/mol. The summed E-state index contributed by atoms with van der Waals surface area (Å²) in [4.78, 5) is 13.2. The molecule has 1 aliphatic heterocycles. The Morgan fingerprint density at radius 2 is 1.55 bits per heavy atom. The van der Waals surface area contributed by atoms with Gasteiger partial charge in [0, 0.05) is 56.6 Å². The van der Waals surface area contributed by atoms with Crippen molar-refractivity contribution < 1.29 is 13.2 Å². The zero-order valence-electron chi connectivity index (χ0n) is 16.8. The van der Waals surface area contributed by atoms with E-state index in [1.807, 2.05) is 30.6 Å². The Bertz CT molecular complexity index is 1000. The van der Waals surface area contributed by atoms with Gasteiger partial charge in [-0.05, 0) is 34.9 Å². The number of nitrogens with zero attached hydrogens (tertiary/aromatic N) is 4. The van der Waals surface area contributed by atoms with E-state index in [-0.39, 0.29) is 0 Å². The van der Waals surface area contributed by atoms with Gasteiger partial charge in [0.25, 0.3) is 0 Å². The topological polar surface area (TPSA) is 32.3 Å². The second kappa shape index (κ2) is 9.24. The van der Waals surface area contributed by atoms with Crippen molar-refractivity contribution in [1.29, 1.82) is 0 Å². The lowest BCUT2D eigenvalue weighted by molar-refractivity contribution is -0.137. The molecule has 0 saturated carbocycles.